The summed E-state index contributed by atoms with van der Waals surface area (Å²) in [7, 11) is 0. The second-order valence-electron chi connectivity index (χ2n) is 4.98. The fraction of sp³-hybridized carbons (Fsp3) is 0.188. The van der Waals surface area contributed by atoms with Gasteiger partial charge in [0, 0.05) is 6.07 Å². The van der Waals surface area contributed by atoms with Gasteiger partial charge in [-0.25, -0.2) is 0 Å². The number of nitrogens with one attached hydrogen (secondary N) is 1. The first-order valence-electron chi connectivity index (χ1n) is 6.81. The molecule has 0 aromatic heterocycles. The van der Waals surface area contributed by atoms with Crippen LogP contribution < -0.4 is 10.1 Å². The van der Waals surface area contributed by atoms with Crippen LogP contribution in [0.4, 0.5) is 11.4 Å². The molecule has 0 saturated carbocycles. The normalized spacial score (nSPS) is 10.2. The van der Waals surface area contributed by atoms with Gasteiger partial charge in [-0.1, -0.05) is 23.7 Å². The Bertz CT molecular complexity index is 762. The number of nitro benzene ring substituents is 1. The number of ether oxygens (including phenoxy) is 1. The average molecular weight is 335 g/mol. The molecule has 23 heavy (non-hydrogen) atoms. The molecular formula is C16H15ClN2O4. The fourth-order valence-electron chi connectivity index (χ4n) is 1.94. The zero-order chi connectivity index (χ0) is 17.0. The fourth-order valence-corrected chi connectivity index (χ4v) is 2.13. The number of benzene rings is 2. The van der Waals surface area contributed by atoms with Crippen LogP contribution in [-0.4, -0.2) is 17.4 Å². The van der Waals surface area contributed by atoms with Gasteiger partial charge < -0.3 is 10.1 Å². The molecule has 0 saturated heterocycles. The van der Waals surface area contributed by atoms with Crippen molar-refractivity contribution < 1.29 is 14.5 Å². The number of halogens is 1. The molecule has 0 spiro atoms. The number of aryl methyl sites for hydroxylation is 2. The van der Waals surface area contributed by atoms with E-state index < -0.39 is 10.8 Å². The van der Waals surface area contributed by atoms with Crippen molar-refractivity contribution in [3.05, 3.63) is 62.7 Å². The molecule has 120 valence electrons. The lowest BCUT2D eigenvalue weighted by molar-refractivity contribution is -0.384. The number of rotatable bonds is 5. The molecule has 2 aromatic carbocycles. The van der Waals surface area contributed by atoms with E-state index >= 15 is 0 Å². The number of hydrogen-bond donors (Lipinski definition) is 1. The number of hydrogen-bond acceptors (Lipinski definition) is 4. The molecule has 0 aliphatic heterocycles. The van der Waals surface area contributed by atoms with Crippen LogP contribution in [0.25, 0.3) is 0 Å². The van der Waals surface area contributed by atoms with E-state index in [-0.39, 0.29) is 18.0 Å². The number of carbonyl (C=O) groups is 1. The molecular weight excluding hydrogens is 320 g/mol. The summed E-state index contributed by atoms with van der Waals surface area (Å²) < 4.78 is 5.31. The van der Waals surface area contributed by atoms with Crippen molar-refractivity contribution in [3.63, 3.8) is 0 Å². The third-order valence-corrected chi connectivity index (χ3v) is 3.59. The van der Waals surface area contributed by atoms with Crippen LogP contribution in [0.5, 0.6) is 5.75 Å². The van der Waals surface area contributed by atoms with Crippen LogP contribution in [-0.2, 0) is 4.79 Å². The summed E-state index contributed by atoms with van der Waals surface area (Å²) in [5.41, 5.74) is 1.62. The molecule has 0 bridgehead atoms. The van der Waals surface area contributed by atoms with Crippen molar-refractivity contribution in [3.8, 4) is 5.75 Å². The smallest absolute Gasteiger partial charge is 0.293 e. The molecule has 0 aliphatic carbocycles. The van der Waals surface area contributed by atoms with Gasteiger partial charge >= 0.3 is 0 Å². The van der Waals surface area contributed by atoms with Gasteiger partial charge in [0.1, 0.15) is 11.4 Å². The minimum atomic E-state index is -0.531. The van der Waals surface area contributed by atoms with Gasteiger partial charge in [0.05, 0.1) is 9.95 Å². The Morgan fingerprint density at radius 3 is 2.57 bits per heavy atom. The van der Waals surface area contributed by atoms with Gasteiger partial charge in [-0.15, -0.1) is 0 Å². The molecule has 0 atom stereocenters. The summed E-state index contributed by atoms with van der Waals surface area (Å²) in [6, 6.07) is 9.75. The van der Waals surface area contributed by atoms with Crippen LogP contribution in [0.3, 0.4) is 0 Å². The van der Waals surface area contributed by atoms with E-state index in [0.29, 0.717) is 10.8 Å². The van der Waals surface area contributed by atoms with Gasteiger partial charge in [0.2, 0.25) is 0 Å². The second-order valence-corrected chi connectivity index (χ2v) is 5.39. The first-order chi connectivity index (χ1) is 10.9. The molecule has 6 nitrogen and oxygen atoms in total. The van der Waals surface area contributed by atoms with Gasteiger partial charge in [-0.05, 0) is 43.2 Å². The maximum Gasteiger partial charge on any atom is 0.293 e. The summed E-state index contributed by atoms with van der Waals surface area (Å²) in [6.45, 7) is 3.29. The molecule has 0 unspecified atom stereocenters. The van der Waals surface area contributed by atoms with Crippen molar-refractivity contribution in [2.45, 2.75) is 13.8 Å². The molecule has 0 aliphatic rings. The molecule has 0 fully saturated rings. The van der Waals surface area contributed by atoms with E-state index in [4.69, 9.17) is 16.3 Å². The summed E-state index contributed by atoms with van der Waals surface area (Å²) >= 11 is 5.93. The highest BCUT2D eigenvalue weighted by molar-refractivity contribution is 6.32. The summed E-state index contributed by atoms with van der Waals surface area (Å²) in [6.07, 6.45) is 0. The molecule has 7 heteroatoms. The van der Waals surface area contributed by atoms with E-state index in [9.17, 15) is 14.9 Å². The molecule has 2 aromatic rings. The second kappa shape index (κ2) is 7.11. The molecule has 0 heterocycles. The Morgan fingerprint density at radius 1 is 1.26 bits per heavy atom. The first-order valence-corrected chi connectivity index (χ1v) is 7.19. The highest BCUT2D eigenvalue weighted by Gasteiger charge is 2.18. The standard InChI is InChI=1S/C16H15ClN2O4/c1-10-7-13(14(19(21)22)8-11(10)2)18-16(20)9-23-15-6-4-3-5-12(15)17/h3-8H,9H2,1-2H3,(H,18,20). The van der Waals surface area contributed by atoms with E-state index in [1.807, 2.05) is 6.92 Å². The average Bonchev–Trinajstić information content (AvgIpc) is 2.49. The number of para-hydroxylation sites is 1. The van der Waals surface area contributed by atoms with Crippen molar-refractivity contribution in [2.24, 2.45) is 0 Å². The number of carbonyl (C=O) groups excluding carboxylic acids is 1. The van der Waals surface area contributed by atoms with E-state index in [1.54, 1.807) is 37.3 Å². The predicted molar refractivity (Wildman–Crippen MR) is 88.1 cm³/mol. The Balaban J connectivity index is 2.10. The third-order valence-electron chi connectivity index (χ3n) is 3.28. The van der Waals surface area contributed by atoms with E-state index in [2.05, 4.69) is 5.32 Å². The lowest BCUT2D eigenvalue weighted by Gasteiger charge is -2.10. The minimum Gasteiger partial charge on any atom is -0.482 e. The maximum atomic E-state index is 12.0. The van der Waals surface area contributed by atoms with Crippen LogP contribution in [0.2, 0.25) is 5.02 Å². The zero-order valence-electron chi connectivity index (χ0n) is 12.6. The third kappa shape index (κ3) is 4.20. The number of nitrogens with zero attached hydrogens (tertiary/aromatic N) is 1. The molecule has 1 amide bonds. The molecule has 2 rings (SSSR count). The Hall–Kier alpha value is -2.60. The lowest BCUT2D eigenvalue weighted by Crippen LogP contribution is -2.21. The van der Waals surface area contributed by atoms with E-state index in [1.165, 1.54) is 6.07 Å². The van der Waals surface area contributed by atoms with Crippen molar-refractivity contribution in [1.82, 2.24) is 0 Å². The summed E-state index contributed by atoms with van der Waals surface area (Å²) in [4.78, 5) is 22.5. The minimum absolute atomic E-state index is 0.144. The monoisotopic (exact) mass is 334 g/mol. The highest BCUT2D eigenvalue weighted by Crippen LogP contribution is 2.28. The van der Waals surface area contributed by atoms with Crippen LogP contribution in [0.1, 0.15) is 11.1 Å². The van der Waals surface area contributed by atoms with Crippen LogP contribution >= 0.6 is 11.6 Å². The number of nitro groups is 1. The molecule has 0 radical (unpaired) electrons. The Labute approximate surface area is 138 Å². The van der Waals surface area contributed by atoms with Crippen LogP contribution in [0.15, 0.2) is 36.4 Å². The largest absolute Gasteiger partial charge is 0.482 e. The van der Waals surface area contributed by atoms with Gasteiger partial charge in [0.25, 0.3) is 11.6 Å². The Kier molecular flexibility index (Phi) is 5.18. The maximum absolute atomic E-state index is 12.0. The topological polar surface area (TPSA) is 81.5 Å². The highest BCUT2D eigenvalue weighted by atomic mass is 35.5. The number of anilines is 1. The summed E-state index contributed by atoms with van der Waals surface area (Å²) in [5, 5.41) is 14.0. The Morgan fingerprint density at radius 2 is 1.91 bits per heavy atom. The lowest BCUT2D eigenvalue weighted by atomic mass is 10.1. The summed E-state index contributed by atoms with van der Waals surface area (Å²) in [5.74, 6) is -0.129. The van der Waals surface area contributed by atoms with Gasteiger partial charge in [0.15, 0.2) is 6.61 Å². The van der Waals surface area contributed by atoms with E-state index in [0.717, 1.165) is 11.1 Å². The molecule has 1 N–H and O–H groups in total. The predicted octanol–water partition coefficient (Wildman–Crippen LogP) is 3.88. The van der Waals surface area contributed by atoms with Gasteiger partial charge in [-0.3, -0.25) is 14.9 Å². The SMILES string of the molecule is Cc1cc(NC(=O)COc2ccccc2Cl)c([N+](=O)[O-])cc1C. The first kappa shape index (κ1) is 16.8. The van der Waals surface area contributed by atoms with Gasteiger partial charge in [-0.2, -0.15) is 0 Å². The van der Waals surface area contributed by atoms with Crippen molar-refractivity contribution in [2.75, 3.05) is 11.9 Å². The number of amides is 1. The quantitative estimate of drug-likeness (QED) is 0.664. The van der Waals surface area contributed by atoms with Crippen LogP contribution in [0, 0.1) is 24.0 Å². The van der Waals surface area contributed by atoms with Crippen molar-refractivity contribution >= 4 is 28.9 Å². The van der Waals surface area contributed by atoms with Crippen molar-refractivity contribution in [1.29, 1.82) is 0 Å². The zero-order valence-corrected chi connectivity index (χ0v) is 13.4.